The molecule has 0 saturated heterocycles. The summed E-state index contributed by atoms with van der Waals surface area (Å²) in [6.45, 7) is 4.73. The standard InChI is InChI=1S/C54H36N4O/c1-54(2)43-25-12-9-22-37(43)39-28-29-40-38-23-10-13-26-44(38)58(49(40)48(39)54)45-31-30-42(50-47(45)41-24-11-14-27-46(41)59-50)53-56-51(34-18-7-4-8-19-34)55-52(57-53)36-21-15-20-35(32-36)33-16-5-3-6-17-33/h3-32H,1-2H3. The molecule has 0 atom stereocenters. The number of hydrogen-bond donors (Lipinski definition) is 0. The summed E-state index contributed by atoms with van der Waals surface area (Å²) in [7, 11) is 0. The average molecular weight is 757 g/mol. The average Bonchev–Trinajstić information content (AvgIpc) is 3.92. The summed E-state index contributed by atoms with van der Waals surface area (Å²) in [5, 5.41) is 4.50. The van der Waals surface area contributed by atoms with Gasteiger partial charge in [0.2, 0.25) is 0 Å². The van der Waals surface area contributed by atoms with Gasteiger partial charge in [0.05, 0.1) is 27.7 Å². The van der Waals surface area contributed by atoms with Crippen LogP contribution in [0.2, 0.25) is 0 Å². The van der Waals surface area contributed by atoms with Crippen LogP contribution in [0.3, 0.4) is 0 Å². The lowest BCUT2D eigenvalue weighted by Gasteiger charge is -2.24. The van der Waals surface area contributed by atoms with E-state index in [4.69, 9.17) is 19.4 Å². The van der Waals surface area contributed by atoms with Crippen LogP contribution in [0.5, 0.6) is 0 Å². The molecule has 8 aromatic carbocycles. The first-order chi connectivity index (χ1) is 29.0. The molecule has 0 amide bonds. The summed E-state index contributed by atoms with van der Waals surface area (Å²) in [6, 6.07) is 63.9. The fourth-order valence-electron chi connectivity index (χ4n) is 9.55. The summed E-state index contributed by atoms with van der Waals surface area (Å²) < 4.78 is 9.42. The molecule has 0 bridgehead atoms. The van der Waals surface area contributed by atoms with E-state index in [2.05, 4.69) is 158 Å². The van der Waals surface area contributed by atoms with Crippen molar-refractivity contribution in [2.75, 3.05) is 0 Å². The minimum atomic E-state index is -0.220. The highest BCUT2D eigenvalue weighted by Gasteiger charge is 2.38. The quantitative estimate of drug-likeness (QED) is 0.175. The van der Waals surface area contributed by atoms with Gasteiger partial charge in [-0.15, -0.1) is 0 Å². The number of para-hydroxylation sites is 2. The van der Waals surface area contributed by atoms with E-state index in [-0.39, 0.29) is 5.41 Å². The number of rotatable bonds is 5. The summed E-state index contributed by atoms with van der Waals surface area (Å²) in [6.07, 6.45) is 0. The van der Waals surface area contributed by atoms with Gasteiger partial charge in [-0.05, 0) is 63.7 Å². The summed E-state index contributed by atoms with van der Waals surface area (Å²) in [5.41, 5.74) is 14.9. The van der Waals surface area contributed by atoms with Crippen molar-refractivity contribution in [1.82, 2.24) is 19.5 Å². The Morgan fingerprint density at radius 2 is 1.08 bits per heavy atom. The largest absolute Gasteiger partial charge is 0.455 e. The molecule has 1 aliphatic carbocycles. The molecule has 59 heavy (non-hydrogen) atoms. The predicted octanol–water partition coefficient (Wildman–Crippen LogP) is 13.8. The van der Waals surface area contributed by atoms with Gasteiger partial charge in [-0.25, -0.2) is 15.0 Å². The topological polar surface area (TPSA) is 56.7 Å². The maximum atomic E-state index is 6.94. The van der Waals surface area contributed by atoms with Crippen molar-refractivity contribution in [1.29, 1.82) is 0 Å². The van der Waals surface area contributed by atoms with Gasteiger partial charge in [0.15, 0.2) is 17.5 Å². The highest BCUT2D eigenvalue weighted by Crippen LogP contribution is 2.53. The Morgan fingerprint density at radius 3 is 1.92 bits per heavy atom. The molecular formula is C54H36N4O. The molecule has 0 unspecified atom stereocenters. The number of nitrogens with zero attached hydrogens (tertiary/aromatic N) is 4. The first kappa shape index (κ1) is 33.5. The third kappa shape index (κ3) is 5.01. The molecule has 11 aromatic rings. The van der Waals surface area contributed by atoms with Crippen molar-refractivity contribution in [3.63, 3.8) is 0 Å². The number of fused-ring (bicyclic) bond motifs is 10. The van der Waals surface area contributed by atoms with Crippen molar-refractivity contribution in [3.8, 4) is 62.1 Å². The molecule has 5 nitrogen and oxygen atoms in total. The van der Waals surface area contributed by atoms with Crippen molar-refractivity contribution < 1.29 is 4.42 Å². The van der Waals surface area contributed by atoms with Gasteiger partial charge in [0.25, 0.3) is 0 Å². The van der Waals surface area contributed by atoms with Crippen LogP contribution in [0.4, 0.5) is 0 Å². The molecule has 0 radical (unpaired) electrons. The van der Waals surface area contributed by atoms with E-state index in [0.29, 0.717) is 17.5 Å². The summed E-state index contributed by atoms with van der Waals surface area (Å²) >= 11 is 0. The summed E-state index contributed by atoms with van der Waals surface area (Å²) in [5.74, 6) is 1.75. The lowest BCUT2D eigenvalue weighted by Crippen LogP contribution is -2.16. The Labute approximate surface area is 340 Å². The van der Waals surface area contributed by atoms with E-state index < -0.39 is 0 Å². The molecule has 0 fully saturated rings. The lowest BCUT2D eigenvalue weighted by atomic mass is 9.81. The third-order valence-corrected chi connectivity index (χ3v) is 12.2. The van der Waals surface area contributed by atoms with Gasteiger partial charge in [0.1, 0.15) is 11.2 Å². The van der Waals surface area contributed by atoms with E-state index >= 15 is 0 Å². The zero-order valence-electron chi connectivity index (χ0n) is 32.5. The van der Waals surface area contributed by atoms with Crippen LogP contribution in [0.1, 0.15) is 25.0 Å². The number of furan rings is 1. The van der Waals surface area contributed by atoms with Crippen molar-refractivity contribution >= 4 is 43.7 Å². The third-order valence-electron chi connectivity index (χ3n) is 12.2. The highest BCUT2D eigenvalue weighted by molar-refractivity contribution is 6.18. The second kappa shape index (κ2) is 12.7. The second-order valence-corrected chi connectivity index (χ2v) is 16.0. The Morgan fingerprint density at radius 1 is 0.458 bits per heavy atom. The van der Waals surface area contributed by atoms with Crippen LogP contribution in [-0.4, -0.2) is 19.5 Å². The fourth-order valence-corrected chi connectivity index (χ4v) is 9.55. The van der Waals surface area contributed by atoms with Crippen molar-refractivity contribution in [3.05, 3.63) is 193 Å². The van der Waals surface area contributed by atoms with Gasteiger partial charge >= 0.3 is 0 Å². The first-order valence-corrected chi connectivity index (χ1v) is 20.1. The van der Waals surface area contributed by atoms with Crippen LogP contribution in [0.25, 0.3) is 106 Å². The first-order valence-electron chi connectivity index (χ1n) is 20.1. The van der Waals surface area contributed by atoms with Crippen molar-refractivity contribution in [2.45, 2.75) is 19.3 Å². The SMILES string of the molecule is CC1(C)c2ccccc2-c2ccc3c4ccccc4n(-c4ccc(-c5nc(-c6ccccc6)nc(-c6cccc(-c7ccccc7)c6)n5)c5oc6ccccc6c45)c3c21. The molecule has 0 saturated carbocycles. The number of benzene rings is 8. The minimum absolute atomic E-state index is 0.220. The zero-order valence-corrected chi connectivity index (χ0v) is 32.5. The smallest absolute Gasteiger partial charge is 0.167 e. The molecule has 3 heterocycles. The maximum Gasteiger partial charge on any atom is 0.167 e. The van der Waals surface area contributed by atoms with Gasteiger partial charge in [0, 0.05) is 32.7 Å². The predicted molar refractivity (Wildman–Crippen MR) is 241 cm³/mol. The van der Waals surface area contributed by atoms with Crippen LogP contribution < -0.4 is 0 Å². The van der Waals surface area contributed by atoms with Crippen LogP contribution in [0, 0.1) is 0 Å². The molecular weight excluding hydrogens is 721 g/mol. The molecule has 278 valence electrons. The second-order valence-electron chi connectivity index (χ2n) is 16.0. The van der Waals surface area contributed by atoms with Gasteiger partial charge in [-0.2, -0.15) is 0 Å². The molecule has 0 aliphatic heterocycles. The minimum Gasteiger partial charge on any atom is -0.455 e. The van der Waals surface area contributed by atoms with E-state index in [1.54, 1.807) is 0 Å². The molecule has 3 aromatic heterocycles. The molecule has 12 rings (SSSR count). The Kier molecular flexibility index (Phi) is 7.20. The van der Waals surface area contributed by atoms with Gasteiger partial charge in [-0.1, -0.05) is 166 Å². The highest BCUT2D eigenvalue weighted by atomic mass is 16.3. The van der Waals surface area contributed by atoms with E-state index in [1.165, 1.54) is 38.5 Å². The van der Waals surface area contributed by atoms with E-state index in [9.17, 15) is 0 Å². The van der Waals surface area contributed by atoms with Gasteiger partial charge < -0.3 is 8.98 Å². The molecule has 0 N–H and O–H groups in total. The van der Waals surface area contributed by atoms with Crippen molar-refractivity contribution in [2.24, 2.45) is 0 Å². The lowest BCUT2D eigenvalue weighted by molar-refractivity contribution is 0.664. The number of aromatic nitrogens is 4. The molecule has 1 aliphatic rings. The Bertz CT molecular complexity index is 3470. The summed E-state index contributed by atoms with van der Waals surface area (Å²) in [4.78, 5) is 15.5. The number of hydrogen-bond acceptors (Lipinski definition) is 4. The molecule has 0 spiro atoms. The van der Waals surface area contributed by atoms with Crippen LogP contribution in [0.15, 0.2) is 186 Å². The normalized spacial score (nSPS) is 13.1. The fraction of sp³-hybridized carbons (Fsp3) is 0.0556. The van der Waals surface area contributed by atoms with E-state index in [0.717, 1.165) is 61.0 Å². The Balaban J connectivity index is 1.14. The van der Waals surface area contributed by atoms with E-state index in [1.807, 2.05) is 42.5 Å². The Hall–Kier alpha value is -7.63. The molecule has 5 heteroatoms. The monoisotopic (exact) mass is 756 g/mol. The van der Waals surface area contributed by atoms with Crippen LogP contribution in [-0.2, 0) is 5.41 Å². The van der Waals surface area contributed by atoms with Gasteiger partial charge in [-0.3, -0.25) is 0 Å². The zero-order chi connectivity index (χ0) is 39.2. The maximum absolute atomic E-state index is 6.94. The van der Waals surface area contributed by atoms with Crippen LogP contribution >= 0.6 is 0 Å².